The lowest BCUT2D eigenvalue weighted by Crippen LogP contribution is -2.46. The first-order valence-corrected chi connectivity index (χ1v) is 11.3. The molecule has 1 amide bonds. The number of carbonyl (C=O) groups is 1. The Bertz CT molecular complexity index is 1080. The van der Waals surface area contributed by atoms with E-state index in [1.807, 2.05) is 35.2 Å². The van der Waals surface area contributed by atoms with E-state index in [2.05, 4.69) is 33.2 Å². The number of carbonyl (C=O) groups excluding carboxylic acids is 1. The summed E-state index contributed by atoms with van der Waals surface area (Å²) >= 11 is 6.25. The van der Waals surface area contributed by atoms with Gasteiger partial charge in [0, 0.05) is 24.3 Å². The molecule has 1 unspecified atom stereocenters. The van der Waals surface area contributed by atoms with Crippen molar-refractivity contribution in [1.29, 1.82) is 0 Å². The second kappa shape index (κ2) is 8.81. The molecule has 1 saturated heterocycles. The number of piperidine rings is 1. The van der Waals surface area contributed by atoms with Crippen LogP contribution in [0.4, 0.5) is 5.69 Å². The monoisotopic (exact) mass is 436 g/mol. The lowest BCUT2D eigenvalue weighted by atomic mass is 9.94. The zero-order valence-corrected chi connectivity index (χ0v) is 18.1. The molecule has 2 aliphatic rings. The molecule has 1 aromatic heterocycles. The predicted molar refractivity (Wildman–Crippen MR) is 120 cm³/mol. The van der Waals surface area contributed by atoms with Crippen molar-refractivity contribution in [3.8, 4) is 11.4 Å². The van der Waals surface area contributed by atoms with Crippen LogP contribution in [0.1, 0.15) is 30.7 Å². The van der Waals surface area contributed by atoms with Gasteiger partial charge in [0.15, 0.2) is 0 Å². The van der Waals surface area contributed by atoms with Gasteiger partial charge in [0.2, 0.25) is 17.6 Å². The lowest BCUT2D eigenvalue weighted by Gasteiger charge is -2.36. The van der Waals surface area contributed by atoms with E-state index in [0.717, 1.165) is 50.0 Å². The molecule has 160 valence electrons. The van der Waals surface area contributed by atoms with E-state index in [1.165, 1.54) is 5.56 Å². The SMILES string of the molecule is O=C(C1CCCN(Cc2nc(-c3ccccc3Cl)no2)C1)N1CCCc2ccccc21. The number of hydrogen-bond donors (Lipinski definition) is 0. The van der Waals surface area contributed by atoms with Gasteiger partial charge in [-0.25, -0.2) is 0 Å². The Hall–Kier alpha value is -2.70. The minimum Gasteiger partial charge on any atom is -0.338 e. The Labute approximate surface area is 186 Å². The van der Waals surface area contributed by atoms with Crippen molar-refractivity contribution < 1.29 is 9.32 Å². The number of fused-ring (bicyclic) bond motifs is 1. The molecule has 0 aliphatic carbocycles. The van der Waals surface area contributed by atoms with Gasteiger partial charge in [-0.1, -0.05) is 47.1 Å². The molecule has 1 fully saturated rings. The van der Waals surface area contributed by atoms with Crippen molar-refractivity contribution in [1.82, 2.24) is 15.0 Å². The first-order chi connectivity index (χ1) is 15.2. The molecular formula is C24H25ClN4O2. The van der Waals surface area contributed by atoms with Crippen molar-refractivity contribution in [3.05, 3.63) is 65.0 Å². The Kier molecular flexibility index (Phi) is 5.74. The van der Waals surface area contributed by atoms with Crippen LogP contribution >= 0.6 is 11.6 Å². The number of aromatic nitrogens is 2. The van der Waals surface area contributed by atoms with Crippen LogP contribution in [0.3, 0.4) is 0 Å². The number of amides is 1. The van der Waals surface area contributed by atoms with Crippen LogP contribution < -0.4 is 4.90 Å². The third-order valence-electron chi connectivity index (χ3n) is 6.17. The standard InChI is InChI=1S/C24H25ClN4O2/c25-20-11-3-2-10-19(20)23-26-22(31-27-23)16-28-13-5-9-18(15-28)24(30)29-14-6-8-17-7-1-4-12-21(17)29/h1-4,7,10-12,18H,5-6,8-9,13-16H2. The molecule has 0 radical (unpaired) electrons. The maximum Gasteiger partial charge on any atom is 0.241 e. The van der Waals surface area contributed by atoms with Crippen molar-refractivity contribution in [2.45, 2.75) is 32.2 Å². The van der Waals surface area contributed by atoms with Gasteiger partial charge in [-0.3, -0.25) is 9.69 Å². The highest BCUT2D eigenvalue weighted by molar-refractivity contribution is 6.33. The summed E-state index contributed by atoms with van der Waals surface area (Å²) in [6.07, 6.45) is 3.97. The molecule has 5 rings (SSSR count). The maximum absolute atomic E-state index is 13.4. The van der Waals surface area contributed by atoms with Crippen LogP contribution in [0, 0.1) is 5.92 Å². The van der Waals surface area contributed by atoms with E-state index < -0.39 is 0 Å². The summed E-state index contributed by atoms with van der Waals surface area (Å²) < 4.78 is 5.48. The summed E-state index contributed by atoms with van der Waals surface area (Å²) in [4.78, 5) is 22.1. The summed E-state index contributed by atoms with van der Waals surface area (Å²) in [6.45, 7) is 2.97. The van der Waals surface area contributed by atoms with E-state index in [4.69, 9.17) is 16.1 Å². The topological polar surface area (TPSA) is 62.5 Å². The first kappa shape index (κ1) is 20.2. The molecule has 3 heterocycles. The fourth-order valence-corrected chi connectivity index (χ4v) is 4.87. The van der Waals surface area contributed by atoms with Crippen LogP contribution in [-0.4, -0.2) is 40.6 Å². The number of benzene rings is 2. The quantitative estimate of drug-likeness (QED) is 0.599. The van der Waals surface area contributed by atoms with Gasteiger partial charge >= 0.3 is 0 Å². The Balaban J connectivity index is 1.26. The highest BCUT2D eigenvalue weighted by Crippen LogP contribution is 2.30. The average molecular weight is 437 g/mol. The van der Waals surface area contributed by atoms with Crippen molar-refractivity contribution in [2.75, 3.05) is 24.5 Å². The molecule has 6 nitrogen and oxygen atoms in total. The van der Waals surface area contributed by atoms with E-state index >= 15 is 0 Å². The molecule has 31 heavy (non-hydrogen) atoms. The second-order valence-corrected chi connectivity index (χ2v) is 8.70. The minimum absolute atomic E-state index is 0.00846. The average Bonchev–Trinajstić information content (AvgIpc) is 3.27. The normalized spacial score (nSPS) is 19.3. The number of anilines is 1. The molecular weight excluding hydrogens is 412 g/mol. The van der Waals surface area contributed by atoms with Crippen molar-refractivity contribution >= 4 is 23.2 Å². The third kappa shape index (κ3) is 4.23. The van der Waals surface area contributed by atoms with Gasteiger partial charge in [-0.2, -0.15) is 4.98 Å². The summed E-state index contributed by atoms with van der Waals surface area (Å²) in [5.41, 5.74) is 3.11. The molecule has 0 spiro atoms. The zero-order chi connectivity index (χ0) is 21.2. The number of para-hydroxylation sites is 1. The molecule has 0 bridgehead atoms. The summed E-state index contributed by atoms with van der Waals surface area (Å²) in [5.74, 6) is 1.27. The smallest absolute Gasteiger partial charge is 0.241 e. The van der Waals surface area contributed by atoms with Gasteiger partial charge in [0.1, 0.15) is 0 Å². The maximum atomic E-state index is 13.4. The number of aryl methyl sites for hydroxylation is 1. The van der Waals surface area contributed by atoms with Crippen LogP contribution in [0.5, 0.6) is 0 Å². The fourth-order valence-electron chi connectivity index (χ4n) is 4.65. The molecule has 1 atom stereocenters. The number of likely N-dealkylation sites (tertiary alicyclic amines) is 1. The third-order valence-corrected chi connectivity index (χ3v) is 6.50. The Morgan fingerprint density at radius 3 is 2.84 bits per heavy atom. The number of halogens is 1. The van der Waals surface area contributed by atoms with E-state index in [1.54, 1.807) is 0 Å². The molecule has 7 heteroatoms. The largest absolute Gasteiger partial charge is 0.338 e. The van der Waals surface area contributed by atoms with Crippen LogP contribution in [0.2, 0.25) is 5.02 Å². The van der Waals surface area contributed by atoms with Crippen molar-refractivity contribution in [2.24, 2.45) is 5.92 Å². The fraction of sp³-hybridized carbons (Fsp3) is 0.375. The number of hydrogen-bond acceptors (Lipinski definition) is 5. The second-order valence-electron chi connectivity index (χ2n) is 8.29. The van der Waals surface area contributed by atoms with Gasteiger partial charge in [-0.15, -0.1) is 0 Å². The lowest BCUT2D eigenvalue weighted by molar-refractivity contribution is -0.124. The highest BCUT2D eigenvalue weighted by Gasteiger charge is 2.32. The van der Waals surface area contributed by atoms with E-state index in [0.29, 0.717) is 29.8 Å². The Morgan fingerprint density at radius 2 is 1.94 bits per heavy atom. The molecule has 3 aromatic rings. The summed E-state index contributed by atoms with van der Waals surface area (Å²) in [5, 5.41) is 4.69. The first-order valence-electron chi connectivity index (χ1n) is 10.9. The van der Waals surface area contributed by atoms with Gasteiger partial charge in [0.25, 0.3) is 0 Å². The van der Waals surface area contributed by atoms with Crippen molar-refractivity contribution in [3.63, 3.8) is 0 Å². The van der Waals surface area contributed by atoms with Gasteiger partial charge in [-0.05, 0) is 56.0 Å². The molecule has 2 aromatic carbocycles. The number of rotatable bonds is 4. The van der Waals surface area contributed by atoms with Crippen LogP contribution in [0.15, 0.2) is 53.1 Å². The van der Waals surface area contributed by atoms with Crippen LogP contribution in [0.25, 0.3) is 11.4 Å². The summed E-state index contributed by atoms with van der Waals surface area (Å²) in [7, 11) is 0. The highest BCUT2D eigenvalue weighted by atomic mass is 35.5. The predicted octanol–water partition coefficient (Wildman–Crippen LogP) is 4.58. The molecule has 0 saturated carbocycles. The summed E-state index contributed by atoms with van der Waals surface area (Å²) in [6, 6.07) is 15.7. The number of nitrogens with zero attached hydrogens (tertiary/aromatic N) is 4. The van der Waals surface area contributed by atoms with Gasteiger partial charge in [0.05, 0.1) is 17.5 Å². The van der Waals surface area contributed by atoms with E-state index in [-0.39, 0.29) is 11.8 Å². The zero-order valence-electron chi connectivity index (χ0n) is 17.3. The van der Waals surface area contributed by atoms with Crippen LogP contribution in [-0.2, 0) is 17.8 Å². The molecule has 0 N–H and O–H groups in total. The molecule has 2 aliphatic heterocycles. The van der Waals surface area contributed by atoms with E-state index in [9.17, 15) is 4.79 Å². The minimum atomic E-state index is -0.00846. The van der Waals surface area contributed by atoms with Gasteiger partial charge < -0.3 is 9.42 Å². The Morgan fingerprint density at radius 1 is 1.10 bits per heavy atom.